The SMILES string of the molecule is CN=C(NCCN(C(C)C)C(C)C)NCc1cnn(-c2ccccc2)c1.I. The van der Waals surface area contributed by atoms with Crippen LogP contribution in [0.1, 0.15) is 33.3 Å². The minimum atomic E-state index is 0. The van der Waals surface area contributed by atoms with Gasteiger partial charge in [-0.05, 0) is 39.8 Å². The minimum Gasteiger partial charge on any atom is -0.355 e. The minimum absolute atomic E-state index is 0. The number of aromatic nitrogens is 2. The Morgan fingerprint density at radius 3 is 2.37 bits per heavy atom. The zero-order valence-corrected chi connectivity index (χ0v) is 19.3. The second-order valence-electron chi connectivity index (χ2n) is 6.91. The molecule has 150 valence electrons. The highest BCUT2D eigenvalue weighted by molar-refractivity contribution is 14.0. The fourth-order valence-electron chi connectivity index (χ4n) is 3.00. The lowest BCUT2D eigenvalue weighted by Gasteiger charge is -2.30. The molecule has 0 aliphatic heterocycles. The zero-order valence-electron chi connectivity index (χ0n) is 17.0. The molecule has 0 spiro atoms. The van der Waals surface area contributed by atoms with E-state index in [0.717, 1.165) is 30.3 Å². The number of hydrogen-bond acceptors (Lipinski definition) is 3. The third kappa shape index (κ3) is 7.50. The highest BCUT2D eigenvalue weighted by Gasteiger charge is 2.12. The maximum absolute atomic E-state index is 4.42. The van der Waals surface area contributed by atoms with Crippen LogP contribution < -0.4 is 10.6 Å². The molecule has 0 aliphatic rings. The summed E-state index contributed by atoms with van der Waals surface area (Å²) >= 11 is 0. The topological polar surface area (TPSA) is 57.5 Å². The average Bonchev–Trinajstić information content (AvgIpc) is 3.10. The molecule has 2 rings (SSSR count). The van der Waals surface area contributed by atoms with Gasteiger partial charge in [-0.2, -0.15) is 5.10 Å². The molecule has 2 aromatic rings. The Bertz CT molecular complexity index is 673. The number of guanidine groups is 1. The van der Waals surface area contributed by atoms with E-state index >= 15 is 0 Å². The number of benzene rings is 1. The number of para-hydroxylation sites is 1. The van der Waals surface area contributed by atoms with Crippen LogP contribution in [0.2, 0.25) is 0 Å². The standard InChI is InChI=1S/C20H32N6.HI/c1-16(2)25(17(3)4)12-11-22-20(21-5)23-13-18-14-24-26(15-18)19-9-7-6-8-10-19;/h6-10,14-17H,11-13H2,1-5H3,(H2,21,22,23);1H. The summed E-state index contributed by atoms with van der Waals surface area (Å²) in [5.74, 6) is 0.810. The van der Waals surface area contributed by atoms with Crippen LogP contribution >= 0.6 is 24.0 Å². The first-order chi connectivity index (χ1) is 12.5. The molecule has 6 nitrogen and oxygen atoms in total. The summed E-state index contributed by atoms with van der Waals surface area (Å²) in [6.45, 7) is 11.5. The summed E-state index contributed by atoms with van der Waals surface area (Å²) in [6, 6.07) is 11.2. The van der Waals surface area contributed by atoms with Gasteiger partial charge in [0, 0.05) is 50.5 Å². The second kappa shape index (κ2) is 12.0. The van der Waals surface area contributed by atoms with Crippen molar-refractivity contribution in [3.63, 3.8) is 0 Å². The van der Waals surface area contributed by atoms with Gasteiger partial charge >= 0.3 is 0 Å². The highest BCUT2D eigenvalue weighted by atomic mass is 127. The summed E-state index contributed by atoms with van der Waals surface area (Å²) in [6.07, 6.45) is 3.92. The third-order valence-corrected chi connectivity index (χ3v) is 4.33. The molecular weight excluding hydrogens is 451 g/mol. The lowest BCUT2D eigenvalue weighted by Crippen LogP contribution is -2.45. The summed E-state index contributed by atoms with van der Waals surface area (Å²) in [7, 11) is 1.80. The predicted octanol–water partition coefficient (Wildman–Crippen LogP) is 3.27. The van der Waals surface area contributed by atoms with E-state index < -0.39 is 0 Å². The van der Waals surface area contributed by atoms with E-state index in [9.17, 15) is 0 Å². The molecule has 2 N–H and O–H groups in total. The molecule has 0 fully saturated rings. The van der Waals surface area contributed by atoms with Crippen molar-refractivity contribution >= 4 is 29.9 Å². The number of rotatable bonds is 8. The molecule has 0 unspecified atom stereocenters. The number of nitrogens with zero attached hydrogens (tertiary/aromatic N) is 4. The van der Waals surface area contributed by atoms with Crippen LogP contribution in [0, 0.1) is 0 Å². The van der Waals surface area contributed by atoms with Gasteiger partial charge in [-0.25, -0.2) is 4.68 Å². The van der Waals surface area contributed by atoms with Crippen LogP contribution in [0.3, 0.4) is 0 Å². The normalized spacial score (nSPS) is 11.8. The second-order valence-corrected chi connectivity index (χ2v) is 6.91. The largest absolute Gasteiger partial charge is 0.355 e. The molecule has 0 saturated carbocycles. The van der Waals surface area contributed by atoms with Crippen molar-refractivity contribution in [2.75, 3.05) is 20.1 Å². The Labute approximate surface area is 180 Å². The predicted molar refractivity (Wildman–Crippen MR) is 124 cm³/mol. The van der Waals surface area contributed by atoms with Crippen LogP contribution in [-0.4, -0.2) is 52.9 Å². The van der Waals surface area contributed by atoms with Crippen molar-refractivity contribution in [3.05, 3.63) is 48.3 Å². The molecular formula is C20H33IN6. The van der Waals surface area contributed by atoms with Crippen LogP contribution in [0.25, 0.3) is 5.69 Å². The van der Waals surface area contributed by atoms with Crippen molar-refractivity contribution in [3.8, 4) is 5.69 Å². The Hall–Kier alpha value is -1.61. The fourth-order valence-corrected chi connectivity index (χ4v) is 3.00. The first-order valence-electron chi connectivity index (χ1n) is 9.30. The summed E-state index contributed by atoms with van der Waals surface area (Å²) in [5.41, 5.74) is 2.17. The monoisotopic (exact) mass is 484 g/mol. The first kappa shape index (κ1) is 23.4. The fraction of sp³-hybridized carbons (Fsp3) is 0.500. The van der Waals surface area contributed by atoms with Gasteiger partial charge in [-0.3, -0.25) is 9.89 Å². The van der Waals surface area contributed by atoms with Crippen molar-refractivity contribution in [2.45, 2.75) is 46.3 Å². The molecule has 0 radical (unpaired) electrons. The van der Waals surface area contributed by atoms with E-state index in [1.807, 2.05) is 47.4 Å². The summed E-state index contributed by atoms with van der Waals surface area (Å²) in [5, 5.41) is 11.2. The van der Waals surface area contributed by atoms with Gasteiger partial charge in [-0.1, -0.05) is 18.2 Å². The molecule has 0 aliphatic carbocycles. The summed E-state index contributed by atoms with van der Waals surface area (Å²) < 4.78 is 1.89. The number of nitrogens with one attached hydrogen (secondary N) is 2. The van der Waals surface area contributed by atoms with E-state index in [0.29, 0.717) is 18.6 Å². The zero-order chi connectivity index (χ0) is 18.9. The van der Waals surface area contributed by atoms with Gasteiger partial charge in [-0.15, -0.1) is 24.0 Å². The van der Waals surface area contributed by atoms with Crippen molar-refractivity contribution in [1.29, 1.82) is 0 Å². The number of halogens is 1. The maximum Gasteiger partial charge on any atom is 0.191 e. The molecule has 1 heterocycles. The van der Waals surface area contributed by atoms with E-state index in [4.69, 9.17) is 0 Å². The van der Waals surface area contributed by atoms with Crippen molar-refractivity contribution in [2.24, 2.45) is 4.99 Å². The Morgan fingerprint density at radius 2 is 1.78 bits per heavy atom. The Kier molecular flexibility index (Phi) is 10.4. The molecule has 0 saturated heterocycles. The highest BCUT2D eigenvalue weighted by Crippen LogP contribution is 2.07. The lowest BCUT2D eigenvalue weighted by atomic mass is 10.2. The summed E-state index contributed by atoms with van der Waals surface area (Å²) in [4.78, 5) is 6.77. The molecule has 27 heavy (non-hydrogen) atoms. The maximum atomic E-state index is 4.42. The smallest absolute Gasteiger partial charge is 0.191 e. The Morgan fingerprint density at radius 1 is 1.11 bits per heavy atom. The van der Waals surface area contributed by atoms with Gasteiger partial charge < -0.3 is 10.6 Å². The van der Waals surface area contributed by atoms with Crippen LogP contribution in [-0.2, 0) is 6.54 Å². The molecule has 7 heteroatoms. The van der Waals surface area contributed by atoms with Crippen LogP contribution in [0.4, 0.5) is 0 Å². The van der Waals surface area contributed by atoms with Crippen LogP contribution in [0.5, 0.6) is 0 Å². The third-order valence-electron chi connectivity index (χ3n) is 4.33. The first-order valence-corrected chi connectivity index (χ1v) is 9.30. The van der Waals surface area contributed by atoms with Gasteiger partial charge in [0.25, 0.3) is 0 Å². The average molecular weight is 484 g/mol. The van der Waals surface area contributed by atoms with Crippen molar-refractivity contribution in [1.82, 2.24) is 25.3 Å². The van der Waals surface area contributed by atoms with Gasteiger partial charge in [0.2, 0.25) is 0 Å². The van der Waals surface area contributed by atoms with E-state index in [2.05, 4.69) is 53.3 Å². The molecule has 0 atom stereocenters. The van der Waals surface area contributed by atoms with Gasteiger partial charge in [0.05, 0.1) is 11.9 Å². The van der Waals surface area contributed by atoms with Gasteiger partial charge in [0.15, 0.2) is 5.96 Å². The Balaban J connectivity index is 0.00000364. The molecule has 1 aromatic heterocycles. The molecule has 1 aromatic carbocycles. The van der Waals surface area contributed by atoms with E-state index in [1.165, 1.54) is 0 Å². The quantitative estimate of drug-likeness (QED) is 0.343. The van der Waals surface area contributed by atoms with E-state index in [1.54, 1.807) is 7.05 Å². The number of aliphatic imine (C=N–C) groups is 1. The molecule has 0 bridgehead atoms. The number of hydrogen-bond donors (Lipinski definition) is 2. The molecule has 0 amide bonds. The van der Waals surface area contributed by atoms with Crippen LogP contribution in [0.15, 0.2) is 47.7 Å². The van der Waals surface area contributed by atoms with Crippen molar-refractivity contribution < 1.29 is 0 Å². The lowest BCUT2D eigenvalue weighted by molar-refractivity contribution is 0.178. The van der Waals surface area contributed by atoms with E-state index in [-0.39, 0.29) is 24.0 Å². The van der Waals surface area contributed by atoms with Gasteiger partial charge in [0.1, 0.15) is 0 Å².